The predicted molar refractivity (Wildman–Crippen MR) is 75.8 cm³/mol. The smallest absolute Gasteiger partial charge is 0.243 e. The summed E-state index contributed by atoms with van der Waals surface area (Å²) in [5.41, 5.74) is 2.30. The molecule has 2 aromatic rings. The normalized spacial score (nSPS) is 16.2. The molecule has 3 rings (SSSR count). The molecule has 0 bridgehead atoms. The van der Waals surface area contributed by atoms with E-state index in [4.69, 9.17) is 0 Å². The van der Waals surface area contributed by atoms with Gasteiger partial charge >= 0.3 is 0 Å². The van der Waals surface area contributed by atoms with Gasteiger partial charge in [0.05, 0.1) is 0 Å². The highest BCUT2D eigenvalue weighted by molar-refractivity contribution is 5.87. The molecule has 0 saturated heterocycles. The number of carbonyl (C=O) groups excluding carboxylic acids is 1. The van der Waals surface area contributed by atoms with Crippen molar-refractivity contribution < 1.29 is 13.6 Å². The molecule has 1 amide bonds. The third kappa shape index (κ3) is 2.86. The van der Waals surface area contributed by atoms with E-state index in [1.54, 1.807) is 0 Å². The fourth-order valence-electron chi connectivity index (χ4n) is 2.43. The van der Waals surface area contributed by atoms with Gasteiger partial charge in [0.25, 0.3) is 0 Å². The first-order valence-corrected chi connectivity index (χ1v) is 6.69. The summed E-state index contributed by atoms with van der Waals surface area (Å²) in [5, 5.41) is 5.80. The number of hydrogen-bond donors (Lipinski definition) is 2. The maximum atomic E-state index is 13.5. The van der Waals surface area contributed by atoms with E-state index in [9.17, 15) is 13.6 Å². The van der Waals surface area contributed by atoms with Crippen LogP contribution in [-0.2, 0) is 17.8 Å². The van der Waals surface area contributed by atoms with Crippen LogP contribution in [0.1, 0.15) is 11.1 Å². The van der Waals surface area contributed by atoms with E-state index in [0.717, 1.165) is 17.3 Å². The fourth-order valence-corrected chi connectivity index (χ4v) is 2.43. The van der Waals surface area contributed by atoms with Crippen LogP contribution >= 0.6 is 0 Å². The maximum absolute atomic E-state index is 13.5. The number of hydrogen-bond acceptors (Lipinski definition) is 2. The Balaban J connectivity index is 1.61. The third-order valence-corrected chi connectivity index (χ3v) is 3.56. The van der Waals surface area contributed by atoms with Gasteiger partial charge in [0.1, 0.15) is 17.7 Å². The van der Waals surface area contributed by atoms with Crippen molar-refractivity contribution in [1.82, 2.24) is 5.32 Å². The first kappa shape index (κ1) is 13.5. The molecule has 0 aromatic heterocycles. The molecule has 108 valence electrons. The number of fused-ring (bicyclic) bond motifs is 1. The summed E-state index contributed by atoms with van der Waals surface area (Å²) in [6, 6.07) is 10.7. The van der Waals surface area contributed by atoms with Crippen LogP contribution in [0.3, 0.4) is 0 Å². The molecule has 0 fully saturated rings. The van der Waals surface area contributed by atoms with Crippen LogP contribution in [0.25, 0.3) is 0 Å². The van der Waals surface area contributed by atoms with Crippen LogP contribution in [0.5, 0.6) is 0 Å². The highest BCUT2D eigenvalue weighted by atomic mass is 19.1. The van der Waals surface area contributed by atoms with E-state index in [0.29, 0.717) is 6.42 Å². The van der Waals surface area contributed by atoms with Gasteiger partial charge in [-0.2, -0.15) is 0 Å². The number of amides is 1. The van der Waals surface area contributed by atoms with Crippen molar-refractivity contribution in [3.63, 3.8) is 0 Å². The largest absolute Gasteiger partial charge is 0.373 e. The minimum Gasteiger partial charge on any atom is -0.373 e. The van der Waals surface area contributed by atoms with Gasteiger partial charge in [-0.15, -0.1) is 0 Å². The maximum Gasteiger partial charge on any atom is 0.243 e. The monoisotopic (exact) mass is 288 g/mol. The molecule has 1 atom stereocenters. The number of anilines is 1. The third-order valence-electron chi connectivity index (χ3n) is 3.56. The first-order valence-electron chi connectivity index (χ1n) is 6.69. The van der Waals surface area contributed by atoms with Crippen molar-refractivity contribution >= 4 is 11.6 Å². The van der Waals surface area contributed by atoms with Gasteiger partial charge in [-0.1, -0.05) is 24.3 Å². The number of rotatable bonds is 3. The van der Waals surface area contributed by atoms with E-state index in [1.165, 1.54) is 12.1 Å². The number of nitrogens with one attached hydrogen (secondary N) is 2. The molecule has 0 saturated carbocycles. The highest BCUT2D eigenvalue weighted by Gasteiger charge is 2.26. The molecule has 1 aliphatic rings. The standard InChI is InChI=1S/C16H14F2N2O/c17-12-6-5-11(13(18)8-12)9-19-16(21)15-7-10-3-1-2-4-14(10)20-15/h1-6,8,15,20H,7,9H2,(H,19,21). The summed E-state index contributed by atoms with van der Waals surface area (Å²) in [6.45, 7) is 0.0411. The second-order valence-corrected chi connectivity index (χ2v) is 5.01. The second kappa shape index (κ2) is 5.52. The predicted octanol–water partition coefficient (Wildman–Crippen LogP) is 2.62. The zero-order chi connectivity index (χ0) is 14.8. The van der Waals surface area contributed by atoms with Crippen molar-refractivity contribution in [3.05, 3.63) is 65.2 Å². The SMILES string of the molecule is O=C(NCc1ccc(F)cc1F)C1Cc2ccccc2N1. The molecule has 5 heteroatoms. The summed E-state index contributed by atoms with van der Waals surface area (Å²) < 4.78 is 26.3. The van der Waals surface area contributed by atoms with Crippen LogP contribution in [0, 0.1) is 11.6 Å². The van der Waals surface area contributed by atoms with Gasteiger partial charge in [0.15, 0.2) is 0 Å². The average Bonchev–Trinajstić information content (AvgIpc) is 2.90. The Labute approximate surface area is 121 Å². The summed E-state index contributed by atoms with van der Waals surface area (Å²) in [5.74, 6) is -1.48. The fraction of sp³-hybridized carbons (Fsp3) is 0.188. The number of para-hydroxylation sites is 1. The van der Waals surface area contributed by atoms with Gasteiger partial charge in [0.2, 0.25) is 5.91 Å². The van der Waals surface area contributed by atoms with Crippen molar-refractivity contribution in [3.8, 4) is 0 Å². The Morgan fingerprint density at radius 2 is 2.05 bits per heavy atom. The Hall–Kier alpha value is -2.43. The van der Waals surface area contributed by atoms with Gasteiger partial charge < -0.3 is 10.6 Å². The van der Waals surface area contributed by atoms with Crippen molar-refractivity contribution in [2.45, 2.75) is 19.0 Å². The molecular weight excluding hydrogens is 274 g/mol. The van der Waals surface area contributed by atoms with E-state index >= 15 is 0 Å². The zero-order valence-electron chi connectivity index (χ0n) is 11.2. The van der Waals surface area contributed by atoms with Crippen molar-refractivity contribution in [2.75, 3.05) is 5.32 Å². The Kier molecular flexibility index (Phi) is 3.56. The molecular formula is C16H14F2N2O. The van der Waals surface area contributed by atoms with E-state index in [-0.39, 0.29) is 24.1 Å². The van der Waals surface area contributed by atoms with Crippen LogP contribution < -0.4 is 10.6 Å². The first-order chi connectivity index (χ1) is 10.1. The quantitative estimate of drug-likeness (QED) is 0.911. The molecule has 2 aromatic carbocycles. The van der Waals surface area contributed by atoms with Crippen LogP contribution in [0.4, 0.5) is 14.5 Å². The molecule has 2 N–H and O–H groups in total. The molecule has 1 heterocycles. The van der Waals surface area contributed by atoms with Gasteiger partial charge in [-0.3, -0.25) is 4.79 Å². The summed E-state index contributed by atoms with van der Waals surface area (Å²) in [4.78, 5) is 12.1. The zero-order valence-corrected chi connectivity index (χ0v) is 11.2. The van der Waals surface area contributed by atoms with Gasteiger partial charge in [-0.25, -0.2) is 8.78 Å². The molecule has 1 unspecified atom stereocenters. The summed E-state index contributed by atoms with van der Waals surface area (Å²) in [7, 11) is 0. The molecule has 0 radical (unpaired) electrons. The summed E-state index contributed by atoms with van der Waals surface area (Å²) >= 11 is 0. The van der Waals surface area contributed by atoms with Crippen molar-refractivity contribution in [1.29, 1.82) is 0 Å². The Morgan fingerprint density at radius 3 is 2.81 bits per heavy atom. The Bertz CT molecular complexity index is 663. The van der Waals surface area contributed by atoms with Crippen LogP contribution in [0.15, 0.2) is 42.5 Å². The van der Waals surface area contributed by atoms with Crippen molar-refractivity contribution in [2.24, 2.45) is 0 Å². The topological polar surface area (TPSA) is 41.1 Å². The minimum absolute atomic E-state index is 0.0411. The van der Waals surface area contributed by atoms with E-state index in [2.05, 4.69) is 10.6 Å². The molecule has 1 aliphatic heterocycles. The summed E-state index contributed by atoms with van der Waals surface area (Å²) in [6.07, 6.45) is 0.605. The lowest BCUT2D eigenvalue weighted by Gasteiger charge is -2.12. The highest BCUT2D eigenvalue weighted by Crippen LogP contribution is 2.25. The lowest BCUT2D eigenvalue weighted by Crippen LogP contribution is -2.38. The average molecular weight is 288 g/mol. The lowest BCUT2D eigenvalue weighted by molar-refractivity contribution is -0.121. The Morgan fingerprint density at radius 1 is 1.24 bits per heavy atom. The molecule has 3 nitrogen and oxygen atoms in total. The van der Waals surface area contributed by atoms with Gasteiger partial charge in [0, 0.05) is 30.3 Å². The van der Waals surface area contributed by atoms with E-state index < -0.39 is 11.6 Å². The second-order valence-electron chi connectivity index (χ2n) is 5.01. The minimum atomic E-state index is -0.655. The molecule has 21 heavy (non-hydrogen) atoms. The lowest BCUT2D eigenvalue weighted by atomic mass is 10.1. The number of carbonyl (C=O) groups is 1. The molecule has 0 spiro atoms. The van der Waals surface area contributed by atoms with Crippen LogP contribution in [-0.4, -0.2) is 11.9 Å². The van der Waals surface area contributed by atoms with E-state index in [1.807, 2.05) is 24.3 Å². The van der Waals surface area contributed by atoms with Gasteiger partial charge in [-0.05, 0) is 17.7 Å². The van der Waals surface area contributed by atoms with Crippen LogP contribution in [0.2, 0.25) is 0 Å². The molecule has 0 aliphatic carbocycles. The number of halogens is 2. The number of benzene rings is 2.